The average molecular weight is 500 g/mol. The van der Waals surface area contributed by atoms with E-state index in [1.54, 1.807) is 40.1 Å². The summed E-state index contributed by atoms with van der Waals surface area (Å²) in [5.41, 5.74) is 2.43. The molecule has 4 aromatic heterocycles. The van der Waals surface area contributed by atoms with Crippen LogP contribution in [0.15, 0.2) is 35.7 Å². The van der Waals surface area contributed by atoms with Crippen LogP contribution in [0.25, 0.3) is 21.6 Å². The molecule has 9 nitrogen and oxygen atoms in total. The fraction of sp³-hybridized carbons (Fsp3) is 0.286. The molecule has 1 aliphatic rings. The van der Waals surface area contributed by atoms with E-state index in [1.807, 2.05) is 4.40 Å². The van der Waals surface area contributed by atoms with Crippen LogP contribution in [0, 0.1) is 0 Å². The summed E-state index contributed by atoms with van der Waals surface area (Å²) >= 11 is 8.89. The minimum absolute atomic E-state index is 0.141. The van der Waals surface area contributed by atoms with Crippen molar-refractivity contribution in [3.63, 3.8) is 0 Å². The predicted octanol–water partition coefficient (Wildman–Crippen LogP) is 4.22. The van der Waals surface area contributed by atoms with Crippen LogP contribution < -0.4 is 5.32 Å². The standard InChI is InChI=1S/C21H18ClN7O2S2/c1-21(2)7-13-14(8-31-21)33-18-16(13)17-23-10-24-29(17)19-26-27-20(28(18)19)32-9-15(30)25-12-5-3-11(22)4-6-12/h3-6,10H,7-9H2,1-2H3,(H,25,30). The number of thiophene rings is 1. The third kappa shape index (κ3) is 3.55. The summed E-state index contributed by atoms with van der Waals surface area (Å²) < 4.78 is 9.72. The smallest absolute Gasteiger partial charge is 0.260 e. The van der Waals surface area contributed by atoms with Gasteiger partial charge in [-0.25, -0.2) is 9.38 Å². The van der Waals surface area contributed by atoms with E-state index in [4.69, 9.17) is 16.3 Å². The topological polar surface area (TPSA) is 98.7 Å². The molecule has 0 atom stereocenters. The number of nitrogens with one attached hydrogen (secondary N) is 1. The fourth-order valence-electron chi connectivity index (χ4n) is 4.02. The van der Waals surface area contributed by atoms with Crippen molar-refractivity contribution in [3.8, 4) is 0 Å². The first-order valence-electron chi connectivity index (χ1n) is 10.2. The van der Waals surface area contributed by atoms with Crippen LogP contribution in [0.1, 0.15) is 24.3 Å². The van der Waals surface area contributed by atoms with Crippen LogP contribution >= 0.6 is 34.7 Å². The molecule has 0 saturated carbocycles. The Labute approximate surface area is 201 Å². The minimum atomic E-state index is -0.252. The van der Waals surface area contributed by atoms with E-state index in [0.717, 1.165) is 22.3 Å². The summed E-state index contributed by atoms with van der Waals surface area (Å²) in [4.78, 5) is 19.2. The second-order valence-corrected chi connectivity index (χ2v) is 10.8. The molecule has 0 saturated heterocycles. The van der Waals surface area contributed by atoms with Gasteiger partial charge in [-0.3, -0.25) is 4.79 Å². The highest BCUT2D eigenvalue weighted by Crippen LogP contribution is 2.41. The van der Waals surface area contributed by atoms with Crippen LogP contribution in [0.3, 0.4) is 0 Å². The Kier molecular flexibility index (Phi) is 4.84. The van der Waals surface area contributed by atoms with Gasteiger partial charge in [-0.1, -0.05) is 23.4 Å². The van der Waals surface area contributed by atoms with E-state index < -0.39 is 0 Å². The van der Waals surface area contributed by atoms with Gasteiger partial charge in [-0.15, -0.1) is 21.5 Å². The zero-order chi connectivity index (χ0) is 22.7. The number of fused-ring (bicyclic) bond motifs is 8. The van der Waals surface area contributed by atoms with Crippen molar-refractivity contribution in [1.82, 2.24) is 29.2 Å². The van der Waals surface area contributed by atoms with Crippen molar-refractivity contribution >= 4 is 67.9 Å². The van der Waals surface area contributed by atoms with Crippen molar-refractivity contribution in [2.75, 3.05) is 11.1 Å². The Bertz CT molecular complexity index is 1540. The summed E-state index contributed by atoms with van der Waals surface area (Å²) in [6.07, 6.45) is 2.31. The summed E-state index contributed by atoms with van der Waals surface area (Å²) in [7, 11) is 0. The van der Waals surface area contributed by atoms with Gasteiger partial charge in [0.1, 0.15) is 11.2 Å². The normalized spacial score (nSPS) is 15.4. The third-order valence-corrected chi connectivity index (χ3v) is 7.88. The molecule has 5 aromatic rings. The summed E-state index contributed by atoms with van der Waals surface area (Å²) in [5, 5.41) is 18.3. The Morgan fingerprint density at radius 2 is 2.12 bits per heavy atom. The molecule has 0 radical (unpaired) electrons. The third-order valence-electron chi connectivity index (χ3n) is 5.51. The molecule has 0 aliphatic carbocycles. The number of nitrogens with zero attached hydrogens (tertiary/aromatic N) is 6. The van der Waals surface area contributed by atoms with Gasteiger partial charge in [0.25, 0.3) is 5.78 Å². The van der Waals surface area contributed by atoms with Crippen molar-refractivity contribution in [2.24, 2.45) is 0 Å². The van der Waals surface area contributed by atoms with Gasteiger partial charge in [0.05, 0.1) is 23.3 Å². The molecule has 0 bridgehead atoms. The number of benzene rings is 1. The van der Waals surface area contributed by atoms with Crippen LogP contribution in [-0.4, -0.2) is 46.5 Å². The number of hydrogen-bond acceptors (Lipinski definition) is 8. The summed E-state index contributed by atoms with van der Waals surface area (Å²) in [6.45, 7) is 4.74. The highest BCUT2D eigenvalue weighted by Gasteiger charge is 2.32. The van der Waals surface area contributed by atoms with Gasteiger partial charge in [0, 0.05) is 22.0 Å². The van der Waals surface area contributed by atoms with Gasteiger partial charge in [-0.2, -0.15) is 9.61 Å². The van der Waals surface area contributed by atoms with E-state index in [-0.39, 0.29) is 17.3 Å². The molecule has 168 valence electrons. The maximum absolute atomic E-state index is 12.5. The van der Waals surface area contributed by atoms with Crippen LogP contribution in [0.5, 0.6) is 0 Å². The monoisotopic (exact) mass is 499 g/mol. The molecule has 1 aliphatic heterocycles. The first-order chi connectivity index (χ1) is 15.9. The molecule has 1 amide bonds. The lowest BCUT2D eigenvalue weighted by Crippen LogP contribution is -2.31. The number of carbonyl (C=O) groups excluding carboxylic acids is 1. The quantitative estimate of drug-likeness (QED) is 0.369. The molecule has 6 rings (SSSR count). The van der Waals surface area contributed by atoms with E-state index in [0.29, 0.717) is 28.3 Å². The number of anilines is 1. The number of amides is 1. The maximum atomic E-state index is 12.5. The predicted molar refractivity (Wildman–Crippen MR) is 128 cm³/mol. The first kappa shape index (κ1) is 20.8. The van der Waals surface area contributed by atoms with Crippen molar-refractivity contribution < 1.29 is 9.53 Å². The number of carbonyl (C=O) groups is 1. The minimum Gasteiger partial charge on any atom is -0.370 e. The molecule has 0 fully saturated rings. The van der Waals surface area contributed by atoms with Gasteiger partial charge >= 0.3 is 0 Å². The number of ether oxygens (including phenoxy) is 1. The van der Waals surface area contributed by atoms with Gasteiger partial charge < -0.3 is 10.1 Å². The van der Waals surface area contributed by atoms with E-state index in [1.165, 1.54) is 28.5 Å². The second-order valence-electron chi connectivity index (χ2n) is 8.37. The number of thioether (sulfide) groups is 1. The van der Waals surface area contributed by atoms with Crippen LogP contribution in [0.2, 0.25) is 5.02 Å². The lowest BCUT2D eigenvalue weighted by Gasteiger charge is -2.30. The maximum Gasteiger partial charge on any atom is 0.260 e. The molecular weight excluding hydrogens is 482 g/mol. The molecule has 33 heavy (non-hydrogen) atoms. The largest absolute Gasteiger partial charge is 0.370 e. The molecule has 5 heterocycles. The van der Waals surface area contributed by atoms with Gasteiger partial charge in [0.15, 0.2) is 10.8 Å². The van der Waals surface area contributed by atoms with Gasteiger partial charge in [-0.05, 0) is 43.7 Å². The second kappa shape index (κ2) is 7.66. The molecule has 1 N–H and O–H groups in total. The van der Waals surface area contributed by atoms with Crippen LogP contribution in [-0.2, 0) is 22.6 Å². The SMILES string of the molecule is CC1(C)Cc2c(sc3c2c2ncnn2c2nnc(SCC(=O)Nc4ccc(Cl)cc4)n32)CO1. The Hall–Kier alpha value is -2.73. The number of hydrogen-bond donors (Lipinski definition) is 1. The van der Waals surface area contributed by atoms with Gasteiger partial charge in [0.2, 0.25) is 5.91 Å². The van der Waals surface area contributed by atoms with Crippen molar-refractivity contribution in [3.05, 3.63) is 46.1 Å². The molecule has 12 heteroatoms. The lowest BCUT2D eigenvalue weighted by atomic mass is 9.94. The molecule has 1 aromatic carbocycles. The van der Waals surface area contributed by atoms with E-state index in [2.05, 4.69) is 39.4 Å². The van der Waals surface area contributed by atoms with E-state index in [9.17, 15) is 4.79 Å². The lowest BCUT2D eigenvalue weighted by molar-refractivity contribution is -0.113. The highest BCUT2D eigenvalue weighted by molar-refractivity contribution is 7.99. The number of halogens is 1. The van der Waals surface area contributed by atoms with Crippen molar-refractivity contribution in [1.29, 1.82) is 0 Å². The van der Waals surface area contributed by atoms with E-state index >= 15 is 0 Å². The Balaban J connectivity index is 1.39. The Morgan fingerprint density at radius 1 is 1.30 bits per heavy atom. The number of rotatable bonds is 4. The summed E-state index contributed by atoms with van der Waals surface area (Å²) in [6, 6.07) is 7.00. The van der Waals surface area contributed by atoms with Crippen LogP contribution in [0.4, 0.5) is 5.69 Å². The number of aromatic nitrogens is 6. The molecule has 0 unspecified atom stereocenters. The van der Waals surface area contributed by atoms with Crippen molar-refractivity contribution in [2.45, 2.75) is 37.6 Å². The molecular formula is C21H18ClN7O2S2. The highest BCUT2D eigenvalue weighted by atomic mass is 35.5. The summed E-state index contributed by atoms with van der Waals surface area (Å²) in [5.74, 6) is 0.605. The zero-order valence-corrected chi connectivity index (χ0v) is 20.1. The fourth-order valence-corrected chi connectivity index (χ4v) is 6.16. The molecule has 0 spiro atoms. The Morgan fingerprint density at radius 3 is 2.94 bits per heavy atom. The average Bonchev–Trinajstić information content (AvgIpc) is 3.49. The zero-order valence-electron chi connectivity index (χ0n) is 17.7. The first-order valence-corrected chi connectivity index (χ1v) is 12.4.